The van der Waals surface area contributed by atoms with Gasteiger partial charge in [0.05, 0.1) is 12.8 Å². The van der Waals surface area contributed by atoms with Gasteiger partial charge in [-0.05, 0) is 36.0 Å². The van der Waals surface area contributed by atoms with Crippen molar-refractivity contribution in [2.24, 2.45) is 0 Å². The molecular formula is C12H15NO. The molecule has 1 unspecified atom stereocenters. The smallest absolute Gasteiger partial charge is 0.0975 e. The van der Waals surface area contributed by atoms with Gasteiger partial charge in [-0.25, -0.2) is 0 Å². The molecule has 0 spiro atoms. The second-order valence-corrected chi connectivity index (χ2v) is 4.14. The van der Waals surface area contributed by atoms with Crippen LogP contribution in [-0.4, -0.2) is 13.3 Å². The normalized spacial score (nSPS) is 25.3. The first-order chi connectivity index (χ1) is 6.93. The molecule has 2 nitrogen and oxygen atoms in total. The molecule has 1 aromatic rings. The summed E-state index contributed by atoms with van der Waals surface area (Å²) in [5.74, 6) is 0. The Morgan fingerprint density at radius 2 is 2.14 bits per heavy atom. The van der Waals surface area contributed by atoms with E-state index in [1.807, 2.05) is 0 Å². The Morgan fingerprint density at radius 3 is 3.00 bits per heavy atom. The number of benzene rings is 1. The zero-order valence-electron chi connectivity index (χ0n) is 8.25. The van der Waals surface area contributed by atoms with Gasteiger partial charge in [-0.15, -0.1) is 0 Å². The van der Waals surface area contributed by atoms with Crippen LogP contribution in [0.25, 0.3) is 0 Å². The van der Waals surface area contributed by atoms with E-state index in [0.29, 0.717) is 6.73 Å². The zero-order valence-corrected chi connectivity index (χ0v) is 8.25. The van der Waals surface area contributed by atoms with Crippen molar-refractivity contribution >= 4 is 0 Å². The summed E-state index contributed by atoms with van der Waals surface area (Å²) in [5.41, 5.74) is 4.42. The molecular weight excluding hydrogens is 174 g/mol. The molecule has 1 saturated heterocycles. The van der Waals surface area contributed by atoms with Gasteiger partial charge < -0.3 is 4.74 Å². The summed E-state index contributed by atoms with van der Waals surface area (Å²) in [6.45, 7) is 1.65. The first-order valence-electron chi connectivity index (χ1n) is 5.37. The molecule has 1 atom stereocenters. The van der Waals surface area contributed by atoms with Gasteiger partial charge in [-0.1, -0.05) is 18.2 Å². The van der Waals surface area contributed by atoms with Gasteiger partial charge in [-0.2, -0.15) is 0 Å². The van der Waals surface area contributed by atoms with Crippen molar-refractivity contribution in [3.63, 3.8) is 0 Å². The van der Waals surface area contributed by atoms with E-state index in [1.165, 1.54) is 30.4 Å². The fourth-order valence-electron chi connectivity index (χ4n) is 2.41. The lowest BCUT2D eigenvalue weighted by Crippen LogP contribution is -2.08. The van der Waals surface area contributed by atoms with E-state index in [2.05, 4.69) is 23.5 Å². The Bertz CT molecular complexity index is 342. The van der Waals surface area contributed by atoms with E-state index < -0.39 is 0 Å². The third-order valence-corrected chi connectivity index (χ3v) is 3.21. The van der Waals surface area contributed by atoms with Crippen LogP contribution in [0, 0.1) is 0 Å². The number of ether oxygens (including phenoxy) is 1. The third kappa shape index (κ3) is 1.35. The molecule has 0 aromatic heterocycles. The Morgan fingerprint density at radius 1 is 1.21 bits per heavy atom. The summed E-state index contributed by atoms with van der Waals surface area (Å²) in [4.78, 5) is 0. The minimum absolute atomic E-state index is 0.279. The number of rotatable bonds is 1. The zero-order chi connectivity index (χ0) is 9.38. The standard InChI is InChI=1S/C12H15NO/c1-2-9-4-5-11(6-10(9)3-1)12-7-13-8-14-12/h4-6,12-13H,1-3,7-8H2. The van der Waals surface area contributed by atoms with Crippen LogP contribution >= 0.6 is 0 Å². The van der Waals surface area contributed by atoms with Crippen molar-refractivity contribution in [2.75, 3.05) is 13.3 Å². The SMILES string of the molecule is c1cc2c(cc1C1CNCO1)CCC2. The van der Waals surface area contributed by atoms with Crippen LogP contribution in [0.2, 0.25) is 0 Å². The topological polar surface area (TPSA) is 21.3 Å². The lowest BCUT2D eigenvalue weighted by atomic mass is 10.0. The van der Waals surface area contributed by atoms with E-state index in [9.17, 15) is 0 Å². The first kappa shape index (κ1) is 8.45. The van der Waals surface area contributed by atoms with E-state index in [0.717, 1.165) is 6.54 Å². The highest BCUT2D eigenvalue weighted by Crippen LogP contribution is 2.27. The van der Waals surface area contributed by atoms with Crippen molar-refractivity contribution in [1.82, 2.24) is 5.32 Å². The van der Waals surface area contributed by atoms with Crippen LogP contribution in [0.4, 0.5) is 0 Å². The fourth-order valence-corrected chi connectivity index (χ4v) is 2.41. The number of nitrogens with one attached hydrogen (secondary N) is 1. The molecule has 1 aromatic carbocycles. The summed E-state index contributed by atoms with van der Waals surface area (Å²) in [6, 6.07) is 6.83. The molecule has 2 heteroatoms. The molecule has 2 aliphatic rings. The summed E-state index contributed by atoms with van der Waals surface area (Å²) in [7, 11) is 0. The number of hydrogen-bond acceptors (Lipinski definition) is 2. The van der Waals surface area contributed by atoms with Gasteiger partial charge in [0.1, 0.15) is 0 Å². The summed E-state index contributed by atoms with van der Waals surface area (Å²) in [6.07, 6.45) is 4.12. The molecule has 74 valence electrons. The van der Waals surface area contributed by atoms with Crippen LogP contribution in [0.15, 0.2) is 18.2 Å². The van der Waals surface area contributed by atoms with E-state index in [4.69, 9.17) is 4.74 Å². The molecule has 0 amide bonds. The van der Waals surface area contributed by atoms with E-state index in [-0.39, 0.29) is 6.10 Å². The Labute approximate surface area is 84.3 Å². The van der Waals surface area contributed by atoms with E-state index >= 15 is 0 Å². The van der Waals surface area contributed by atoms with Gasteiger partial charge in [0, 0.05) is 6.54 Å². The lowest BCUT2D eigenvalue weighted by Gasteiger charge is -2.10. The van der Waals surface area contributed by atoms with E-state index in [1.54, 1.807) is 5.56 Å². The van der Waals surface area contributed by atoms with Gasteiger partial charge >= 0.3 is 0 Å². The van der Waals surface area contributed by atoms with Crippen LogP contribution in [0.5, 0.6) is 0 Å². The Hall–Kier alpha value is -0.860. The second kappa shape index (κ2) is 3.37. The molecule has 1 heterocycles. The quantitative estimate of drug-likeness (QED) is 0.727. The molecule has 3 rings (SSSR count). The molecule has 0 saturated carbocycles. The van der Waals surface area contributed by atoms with Crippen LogP contribution in [0.3, 0.4) is 0 Å². The van der Waals surface area contributed by atoms with Crippen molar-refractivity contribution in [3.05, 3.63) is 34.9 Å². The van der Waals surface area contributed by atoms with Crippen LogP contribution < -0.4 is 5.32 Å². The molecule has 14 heavy (non-hydrogen) atoms. The summed E-state index contributed by atoms with van der Waals surface area (Å²) < 4.78 is 5.59. The average molecular weight is 189 g/mol. The Kier molecular flexibility index (Phi) is 2.03. The minimum Gasteiger partial charge on any atom is -0.357 e. The van der Waals surface area contributed by atoms with Crippen molar-refractivity contribution in [2.45, 2.75) is 25.4 Å². The fraction of sp³-hybridized carbons (Fsp3) is 0.500. The largest absolute Gasteiger partial charge is 0.357 e. The molecule has 1 N–H and O–H groups in total. The maximum atomic E-state index is 5.59. The highest BCUT2D eigenvalue weighted by molar-refractivity contribution is 5.36. The predicted octanol–water partition coefficient (Wildman–Crippen LogP) is 1.79. The number of aryl methyl sites for hydroxylation is 2. The third-order valence-electron chi connectivity index (χ3n) is 3.21. The lowest BCUT2D eigenvalue weighted by molar-refractivity contribution is 0.114. The highest BCUT2D eigenvalue weighted by atomic mass is 16.5. The first-order valence-corrected chi connectivity index (χ1v) is 5.37. The van der Waals surface area contributed by atoms with Gasteiger partial charge in [-0.3, -0.25) is 5.32 Å². The molecule has 0 bridgehead atoms. The Balaban J connectivity index is 1.91. The monoisotopic (exact) mass is 189 g/mol. The maximum absolute atomic E-state index is 5.59. The minimum atomic E-state index is 0.279. The molecule has 1 aliphatic carbocycles. The second-order valence-electron chi connectivity index (χ2n) is 4.14. The van der Waals surface area contributed by atoms with Crippen molar-refractivity contribution < 1.29 is 4.74 Å². The average Bonchev–Trinajstić information content (AvgIpc) is 2.88. The summed E-state index contributed by atoms with van der Waals surface area (Å²) >= 11 is 0. The number of hydrogen-bond donors (Lipinski definition) is 1. The molecule has 1 fully saturated rings. The predicted molar refractivity (Wildman–Crippen MR) is 55.2 cm³/mol. The molecule has 1 aliphatic heterocycles. The van der Waals surface area contributed by atoms with Gasteiger partial charge in [0.25, 0.3) is 0 Å². The van der Waals surface area contributed by atoms with Crippen LogP contribution in [-0.2, 0) is 17.6 Å². The van der Waals surface area contributed by atoms with Crippen LogP contribution in [0.1, 0.15) is 29.2 Å². The van der Waals surface area contributed by atoms with Gasteiger partial charge in [0.15, 0.2) is 0 Å². The van der Waals surface area contributed by atoms with Gasteiger partial charge in [0.2, 0.25) is 0 Å². The van der Waals surface area contributed by atoms with Crippen molar-refractivity contribution in [3.8, 4) is 0 Å². The highest BCUT2D eigenvalue weighted by Gasteiger charge is 2.19. The molecule has 0 radical (unpaired) electrons. The summed E-state index contributed by atoms with van der Waals surface area (Å²) in [5, 5.41) is 3.22. The maximum Gasteiger partial charge on any atom is 0.0975 e. The van der Waals surface area contributed by atoms with Crippen molar-refractivity contribution in [1.29, 1.82) is 0 Å². The number of fused-ring (bicyclic) bond motifs is 1.